The average molecular weight is 343 g/mol. The van der Waals surface area contributed by atoms with Crippen LogP contribution in [0.15, 0.2) is 35.7 Å². The number of aryl methyl sites for hydroxylation is 1. The second-order valence-corrected chi connectivity index (χ2v) is 6.92. The molecule has 1 fully saturated rings. The van der Waals surface area contributed by atoms with E-state index in [0.29, 0.717) is 18.7 Å². The molecular formula is C18H21N3O2S. The van der Waals surface area contributed by atoms with Gasteiger partial charge < -0.3 is 15.5 Å². The van der Waals surface area contributed by atoms with E-state index >= 15 is 0 Å². The molecule has 2 heterocycles. The van der Waals surface area contributed by atoms with E-state index in [1.165, 1.54) is 0 Å². The molecule has 0 spiro atoms. The number of urea groups is 1. The Morgan fingerprint density at radius 2 is 2.17 bits per heavy atom. The van der Waals surface area contributed by atoms with E-state index in [0.717, 1.165) is 35.5 Å². The van der Waals surface area contributed by atoms with Crippen LogP contribution >= 0.6 is 11.3 Å². The summed E-state index contributed by atoms with van der Waals surface area (Å²) in [4.78, 5) is 27.1. The van der Waals surface area contributed by atoms with Crippen molar-refractivity contribution in [1.82, 2.24) is 5.32 Å². The molecule has 1 aliphatic heterocycles. The maximum Gasteiger partial charge on any atom is 0.319 e. The molecule has 0 atom stereocenters. The summed E-state index contributed by atoms with van der Waals surface area (Å²) in [5.41, 5.74) is 2.61. The summed E-state index contributed by atoms with van der Waals surface area (Å²) in [5.74, 6) is 0.156. The predicted octanol–water partition coefficient (Wildman–Crippen LogP) is 3.90. The maximum absolute atomic E-state index is 12.1. The summed E-state index contributed by atoms with van der Waals surface area (Å²) in [6.45, 7) is 3.23. The molecule has 1 saturated heterocycles. The maximum atomic E-state index is 12.1. The Kier molecular flexibility index (Phi) is 5.15. The Balaban J connectivity index is 1.66. The van der Waals surface area contributed by atoms with Crippen molar-refractivity contribution in [3.8, 4) is 0 Å². The molecule has 3 amide bonds. The van der Waals surface area contributed by atoms with E-state index in [1.54, 1.807) is 11.3 Å². The number of piperidine rings is 1. The third kappa shape index (κ3) is 3.94. The first kappa shape index (κ1) is 16.5. The molecule has 5 nitrogen and oxygen atoms in total. The van der Waals surface area contributed by atoms with Crippen LogP contribution in [0, 0.1) is 6.92 Å². The smallest absolute Gasteiger partial charge is 0.319 e. The molecule has 24 heavy (non-hydrogen) atoms. The third-order valence-corrected chi connectivity index (χ3v) is 4.96. The van der Waals surface area contributed by atoms with Crippen molar-refractivity contribution in [2.24, 2.45) is 0 Å². The van der Waals surface area contributed by atoms with Gasteiger partial charge in [-0.05, 0) is 48.9 Å². The molecule has 1 aromatic heterocycles. The summed E-state index contributed by atoms with van der Waals surface area (Å²) in [6.07, 6.45) is 2.57. The number of carbonyl (C=O) groups excluding carboxylic acids is 2. The standard InChI is InChI=1S/C18H21N3O2S/c1-13-7-8-14(11-16(13)21-9-3-2-6-17(21)22)20-18(23)19-12-15-5-4-10-24-15/h4-5,7-8,10-11H,2-3,6,9,12H2,1H3,(H2,19,20,23). The number of rotatable bonds is 4. The lowest BCUT2D eigenvalue weighted by Crippen LogP contribution is -2.35. The van der Waals surface area contributed by atoms with Gasteiger partial charge in [-0.1, -0.05) is 12.1 Å². The van der Waals surface area contributed by atoms with Crippen molar-refractivity contribution in [2.75, 3.05) is 16.8 Å². The fourth-order valence-electron chi connectivity index (χ4n) is 2.79. The van der Waals surface area contributed by atoms with Crippen LogP contribution < -0.4 is 15.5 Å². The van der Waals surface area contributed by atoms with Crippen LogP contribution in [0.3, 0.4) is 0 Å². The summed E-state index contributed by atoms with van der Waals surface area (Å²) >= 11 is 1.61. The van der Waals surface area contributed by atoms with Gasteiger partial charge in [-0.25, -0.2) is 4.79 Å². The topological polar surface area (TPSA) is 61.4 Å². The fraction of sp³-hybridized carbons (Fsp3) is 0.333. The minimum absolute atomic E-state index is 0.156. The minimum Gasteiger partial charge on any atom is -0.333 e. The van der Waals surface area contributed by atoms with Crippen LogP contribution in [0.5, 0.6) is 0 Å². The largest absolute Gasteiger partial charge is 0.333 e. The first-order valence-corrected chi connectivity index (χ1v) is 9.00. The van der Waals surface area contributed by atoms with Gasteiger partial charge in [0, 0.05) is 29.2 Å². The molecule has 2 N–H and O–H groups in total. The fourth-order valence-corrected chi connectivity index (χ4v) is 3.44. The van der Waals surface area contributed by atoms with Crippen molar-refractivity contribution in [1.29, 1.82) is 0 Å². The zero-order chi connectivity index (χ0) is 16.9. The number of nitrogens with zero attached hydrogens (tertiary/aromatic N) is 1. The number of hydrogen-bond acceptors (Lipinski definition) is 3. The Hall–Kier alpha value is -2.34. The molecule has 126 valence electrons. The van der Waals surface area contributed by atoms with Gasteiger partial charge in [-0.3, -0.25) is 4.79 Å². The monoisotopic (exact) mass is 343 g/mol. The molecule has 0 unspecified atom stereocenters. The Morgan fingerprint density at radius 1 is 1.29 bits per heavy atom. The second-order valence-electron chi connectivity index (χ2n) is 5.89. The molecule has 1 aromatic carbocycles. The van der Waals surface area contributed by atoms with Crippen LogP contribution in [0.2, 0.25) is 0 Å². The van der Waals surface area contributed by atoms with Crippen molar-refractivity contribution in [3.63, 3.8) is 0 Å². The first-order chi connectivity index (χ1) is 11.6. The highest BCUT2D eigenvalue weighted by Crippen LogP contribution is 2.27. The SMILES string of the molecule is Cc1ccc(NC(=O)NCc2cccs2)cc1N1CCCCC1=O. The van der Waals surface area contributed by atoms with Crippen molar-refractivity contribution >= 4 is 34.6 Å². The van der Waals surface area contributed by atoms with E-state index in [4.69, 9.17) is 0 Å². The van der Waals surface area contributed by atoms with Gasteiger partial charge in [-0.2, -0.15) is 0 Å². The first-order valence-electron chi connectivity index (χ1n) is 8.12. The van der Waals surface area contributed by atoms with Gasteiger partial charge in [0.2, 0.25) is 5.91 Å². The zero-order valence-corrected chi connectivity index (χ0v) is 14.5. The molecule has 6 heteroatoms. The molecule has 0 radical (unpaired) electrons. The number of hydrogen-bond donors (Lipinski definition) is 2. The minimum atomic E-state index is -0.247. The Bertz CT molecular complexity index is 728. The normalized spacial score (nSPS) is 14.5. The van der Waals surface area contributed by atoms with Gasteiger partial charge in [0.25, 0.3) is 0 Å². The van der Waals surface area contributed by atoms with Crippen LogP contribution in [0.25, 0.3) is 0 Å². The van der Waals surface area contributed by atoms with Gasteiger partial charge in [0.15, 0.2) is 0 Å². The lowest BCUT2D eigenvalue weighted by Gasteiger charge is -2.28. The highest BCUT2D eigenvalue weighted by atomic mass is 32.1. The lowest BCUT2D eigenvalue weighted by atomic mass is 10.1. The van der Waals surface area contributed by atoms with Crippen molar-refractivity contribution in [2.45, 2.75) is 32.7 Å². The third-order valence-electron chi connectivity index (χ3n) is 4.08. The van der Waals surface area contributed by atoms with Gasteiger partial charge in [0.05, 0.1) is 6.54 Å². The molecule has 0 saturated carbocycles. The van der Waals surface area contributed by atoms with Crippen LogP contribution in [-0.4, -0.2) is 18.5 Å². The van der Waals surface area contributed by atoms with Gasteiger partial charge >= 0.3 is 6.03 Å². The van der Waals surface area contributed by atoms with E-state index in [2.05, 4.69) is 10.6 Å². The van der Waals surface area contributed by atoms with E-state index in [-0.39, 0.29) is 11.9 Å². The number of amides is 3. The summed E-state index contributed by atoms with van der Waals surface area (Å²) in [7, 11) is 0. The van der Waals surface area contributed by atoms with Gasteiger partial charge in [0.1, 0.15) is 0 Å². The van der Waals surface area contributed by atoms with E-state index in [1.807, 2.05) is 47.5 Å². The highest BCUT2D eigenvalue weighted by Gasteiger charge is 2.21. The van der Waals surface area contributed by atoms with E-state index in [9.17, 15) is 9.59 Å². The number of thiophene rings is 1. The quantitative estimate of drug-likeness (QED) is 0.884. The highest BCUT2D eigenvalue weighted by molar-refractivity contribution is 7.09. The molecular weight excluding hydrogens is 322 g/mol. The van der Waals surface area contributed by atoms with Gasteiger partial charge in [-0.15, -0.1) is 11.3 Å². The Labute approximate surface area is 145 Å². The van der Waals surface area contributed by atoms with Crippen LogP contribution in [0.1, 0.15) is 29.7 Å². The van der Waals surface area contributed by atoms with E-state index < -0.39 is 0 Å². The predicted molar refractivity (Wildman–Crippen MR) is 97.6 cm³/mol. The molecule has 0 aliphatic carbocycles. The number of nitrogens with one attached hydrogen (secondary N) is 2. The molecule has 3 rings (SSSR count). The molecule has 2 aromatic rings. The molecule has 1 aliphatic rings. The van der Waals surface area contributed by atoms with Crippen LogP contribution in [-0.2, 0) is 11.3 Å². The zero-order valence-electron chi connectivity index (χ0n) is 13.7. The van der Waals surface area contributed by atoms with Crippen molar-refractivity contribution < 1.29 is 9.59 Å². The second kappa shape index (κ2) is 7.49. The number of carbonyl (C=O) groups is 2. The van der Waals surface area contributed by atoms with Crippen LogP contribution in [0.4, 0.5) is 16.2 Å². The summed E-state index contributed by atoms with van der Waals surface area (Å²) in [5, 5.41) is 7.66. The summed E-state index contributed by atoms with van der Waals surface area (Å²) < 4.78 is 0. The molecule has 0 bridgehead atoms. The van der Waals surface area contributed by atoms with Crippen molar-refractivity contribution in [3.05, 3.63) is 46.2 Å². The lowest BCUT2D eigenvalue weighted by molar-refractivity contribution is -0.119. The number of benzene rings is 1. The number of anilines is 2. The average Bonchev–Trinajstić information content (AvgIpc) is 3.09. The Morgan fingerprint density at radius 3 is 2.92 bits per heavy atom. The summed E-state index contributed by atoms with van der Waals surface area (Å²) in [6, 6.07) is 9.37.